The molecular formula is C21H25N3O10. The summed E-state index contributed by atoms with van der Waals surface area (Å²) in [5.74, 6) is -4.17. The zero-order valence-electron chi connectivity index (χ0n) is 19.3. The van der Waals surface area contributed by atoms with Crippen LogP contribution < -0.4 is 4.90 Å². The molecule has 2 amide bonds. The van der Waals surface area contributed by atoms with Gasteiger partial charge >= 0.3 is 12.1 Å². The average Bonchev–Trinajstić information content (AvgIpc) is 3.10. The molecule has 1 aliphatic heterocycles. The first-order chi connectivity index (χ1) is 15.6. The van der Waals surface area contributed by atoms with Crippen molar-refractivity contribution >= 4 is 29.3 Å². The number of aliphatic hydroxyl groups is 1. The molecule has 0 aromatic heterocycles. The van der Waals surface area contributed by atoms with E-state index in [9.17, 15) is 39.7 Å². The Labute approximate surface area is 193 Å². The summed E-state index contributed by atoms with van der Waals surface area (Å²) in [5, 5.41) is 34.8. The van der Waals surface area contributed by atoms with Crippen LogP contribution in [0.5, 0.6) is 0 Å². The summed E-state index contributed by atoms with van der Waals surface area (Å²) in [7, 11) is 0. The molecule has 13 heteroatoms. The van der Waals surface area contributed by atoms with E-state index in [0.717, 1.165) is 25.1 Å². The Morgan fingerprint density at radius 3 is 2.38 bits per heavy atom. The summed E-state index contributed by atoms with van der Waals surface area (Å²) in [4.78, 5) is 62.4. The fourth-order valence-corrected chi connectivity index (χ4v) is 4.93. The molecule has 1 aromatic carbocycles. The van der Waals surface area contributed by atoms with Gasteiger partial charge in [-0.2, -0.15) is 0 Å². The smallest absolute Gasteiger partial charge is 0.421 e. The quantitative estimate of drug-likeness (QED) is 0.381. The highest BCUT2D eigenvalue weighted by Crippen LogP contribution is 2.60. The average molecular weight is 479 g/mol. The molecule has 1 aromatic rings. The third-order valence-electron chi connectivity index (χ3n) is 6.09. The van der Waals surface area contributed by atoms with Crippen molar-refractivity contribution in [1.82, 2.24) is 0 Å². The van der Waals surface area contributed by atoms with E-state index >= 15 is 0 Å². The fourth-order valence-electron chi connectivity index (χ4n) is 4.93. The van der Waals surface area contributed by atoms with Gasteiger partial charge in [0.05, 0.1) is 22.8 Å². The highest BCUT2D eigenvalue weighted by Gasteiger charge is 2.77. The molecule has 1 aliphatic carbocycles. The van der Waals surface area contributed by atoms with E-state index in [-0.39, 0.29) is 17.9 Å². The van der Waals surface area contributed by atoms with Gasteiger partial charge in [0.1, 0.15) is 16.9 Å². The number of carbonyl (C=O) groups is 3. The Morgan fingerprint density at radius 2 is 1.88 bits per heavy atom. The lowest BCUT2D eigenvalue weighted by Crippen LogP contribution is -2.59. The first-order valence-electron chi connectivity index (χ1n) is 10.5. The molecule has 1 spiro atoms. The number of nitrogens with zero attached hydrogens (tertiary/aromatic N) is 3. The molecule has 1 N–H and O–H groups in total. The number of imide groups is 1. The van der Waals surface area contributed by atoms with Gasteiger partial charge in [0, 0.05) is 29.0 Å². The topological polar surface area (TPSA) is 179 Å². The Bertz CT molecular complexity index is 1090. The zero-order chi connectivity index (χ0) is 25.8. The van der Waals surface area contributed by atoms with Crippen molar-refractivity contribution in [1.29, 1.82) is 0 Å². The lowest BCUT2D eigenvalue weighted by Gasteiger charge is -2.37. The lowest BCUT2D eigenvalue weighted by molar-refractivity contribution is -0.528. The minimum atomic E-state index is -2.41. The van der Waals surface area contributed by atoms with Crippen molar-refractivity contribution in [3.63, 3.8) is 0 Å². The molecule has 0 radical (unpaired) electrons. The summed E-state index contributed by atoms with van der Waals surface area (Å²) < 4.78 is 10.3. The number of nitro groups is 2. The Hall–Kier alpha value is -3.61. The summed E-state index contributed by atoms with van der Waals surface area (Å²) in [6, 6.07) is 1.34. The summed E-state index contributed by atoms with van der Waals surface area (Å²) in [6.45, 7) is 7.06. The van der Waals surface area contributed by atoms with Crippen LogP contribution in [-0.4, -0.2) is 56.8 Å². The summed E-state index contributed by atoms with van der Waals surface area (Å²) in [5.41, 5.74) is -6.64. The van der Waals surface area contributed by atoms with Crippen LogP contribution in [0.3, 0.4) is 0 Å². The lowest BCUT2D eigenvalue weighted by atomic mass is 9.65. The summed E-state index contributed by atoms with van der Waals surface area (Å²) in [6.07, 6.45) is -1.80. The van der Waals surface area contributed by atoms with Crippen LogP contribution >= 0.6 is 0 Å². The number of hydrogen-bond donors (Lipinski definition) is 1. The molecule has 184 valence electrons. The number of hydrogen-bond acceptors (Lipinski definition) is 10. The standard InChI is InChI=1S/C21H25N3O10/c1-6-33-16(25)15-14(24(31)32)10-20(5,28)21(15)12-9-11(23(29)30)7-8-13(12)22(17(21)26)18(27)34-19(2,3)4/h7-9,14-15,28H,6,10H2,1-5H3/t14-,15-,20+,21-/m0/s1. The molecule has 1 saturated carbocycles. The van der Waals surface area contributed by atoms with Gasteiger partial charge in [-0.15, -0.1) is 0 Å². The second-order valence-corrected chi connectivity index (χ2v) is 9.45. The number of amides is 2. The van der Waals surface area contributed by atoms with Crippen LogP contribution in [0.1, 0.15) is 46.6 Å². The van der Waals surface area contributed by atoms with Crippen molar-refractivity contribution < 1.29 is 38.8 Å². The molecule has 2 aliphatic rings. The Kier molecular flexibility index (Phi) is 5.89. The maximum atomic E-state index is 14.0. The number of benzene rings is 1. The van der Waals surface area contributed by atoms with Crippen LogP contribution in [0.2, 0.25) is 0 Å². The van der Waals surface area contributed by atoms with Crippen molar-refractivity contribution in [3.8, 4) is 0 Å². The van der Waals surface area contributed by atoms with E-state index < -0.39 is 68.5 Å². The number of nitro benzene ring substituents is 1. The van der Waals surface area contributed by atoms with Crippen molar-refractivity contribution in [2.75, 3.05) is 11.5 Å². The van der Waals surface area contributed by atoms with Gasteiger partial charge in [-0.1, -0.05) is 0 Å². The van der Waals surface area contributed by atoms with Crippen LogP contribution in [0.25, 0.3) is 0 Å². The number of carbonyl (C=O) groups excluding carboxylic acids is 3. The van der Waals surface area contributed by atoms with Gasteiger partial charge in [-0.25, -0.2) is 9.69 Å². The molecule has 1 fully saturated rings. The molecular weight excluding hydrogens is 454 g/mol. The number of rotatable bonds is 4. The second-order valence-electron chi connectivity index (χ2n) is 9.45. The van der Waals surface area contributed by atoms with E-state index in [4.69, 9.17) is 9.47 Å². The Morgan fingerprint density at radius 1 is 1.26 bits per heavy atom. The summed E-state index contributed by atoms with van der Waals surface area (Å²) >= 11 is 0. The maximum Gasteiger partial charge on any atom is 0.421 e. The SMILES string of the molecule is CCOC(=O)[C@@H]1[C@@H]([N+](=O)[O-])C[C@@](C)(O)[C@]12C(=O)N(C(=O)OC(C)(C)C)c1ccc([N+](=O)[O-])cc12. The predicted molar refractivity (Wildman–Crippen MR) is 115 cm³/mol. The van der Waals surface area contributed by atoms with E-state index in [1.807, 2.05) is 0 Å². The molecule has 0 saturated heterocycles. The highest BCUT2D eigenvalue weighted by molar-refractivity contribution is 6.23. The molecule has 13 nitrogen and oxygen atoms in total. The first-order valence-corrected chi connectivity index (χ1v) is 10.5. The first kappa shape index (κ1) is 25.0. The van der Waals surface area contributed by atoms with Crippen molar-refractivity contribution in [2.45, 2.75) is 63.7 Å². The molecule has 3 rings (SSSR count). The third kappa shape index (κ3) is 3.56. The molecule has 4 atom stereocenters. The number of esters is 1. The monoisotopic (exact) mass is 479 g/mol. The molecule has 1 heterocycles. The van der Waals surface area contributed by atoms with E-state index in [1.54, 1.807) is 20.8 Å². The predicted octanol–water partition coefficient (Wildman–Crippen LogP) is 2.09. The van der Waals surface area contributed by atoms with Crippen LogP contribution in [0.4, 0.5) is 16.2 Å². The largest absolute Gasteiger partial charge is 0.466 e. The second kappa shape index (κ2) is 8.01. The number of non-ortho nitro benzene ring substituents is 1. The highest BCUT2D eigenvalue weighted by atomic mass is 16.6. The van der Waals surface area contributed by atoms with E-state index in [0.29, 0.717) is 4.90 Å². The van der Waals surface area contributed by atoms with Gasteiger partial charge in [0.25, 0.3) is 11.6 Å². The Balaban J connectivity index is 2.38. The number of anilines is 1. The van der Waals surface area contributed by atoms with Crippen LogP contribution in [0.15, 0.2) is 18.2 Å². The van der Waals surface area contributed by atoms with Crippen LogP contribution in [0, 0.1) is 26.1 Å². The third-order valence-corrected chi connectivity index (χ3v) is 6.09. The van der Waals surface area contributed by atoms with Gasteiger partial charge in [-0.3, -0.25) is 29.8 Å². The fraction of sp³-hybridized carbons (Fsp3) is 0.571. The minimum Gasteiger partial charge on any atom is -0.466 e. The normalized spacial score (nSPS) is 28.1. The minimum absolute atomic E-state index is 0.177. The van der Waals surface area contributed by atoms with Gasteiger partial charge < -0.3 is 14.6 Å². The molecule has 0 bridgehead atoms. The number of ether oxygens (including phenoxy) is 2. The van der Waals surface area contributed by atoms with Crippen LogP contribution in [-0.2, 0) is 24.5 Å². The van der Waals surface area contributed by atoms with E-state index in [1.165, 1.54) is 6.92 Å². The maximum absolute atomic E-state index is 14.0. The molecule has 34 heavy (non-hydrogen) atoms. The van der Waals surface area contributed by atoms with E-state index in [2.05, 4.69) is 0 Å². The number of fused-ring (bicyclic) bond motifs is 2. The van der Waals surface area contributed by atoms with Gasteiger partial charge in [0.2, 0.25) is 6.04 Å². The molecule has 0 unspecified atom stereocenters. The zero-order valence-corrected chi connectivity index (χ0v) is 19.3. The van der Waals surface area contributed by atoms with Crippen molar-refractivity contribution in [3.05, 3.63) is 44.0 Å². The van der Waals surface area contributed by atoms with Crippen molar-refractivity contribution in [2.24, 2.45) is 5.92 Å². The van der Waals surface area contributed by atoms with Gasteiger partial charge in [0.15, 0.2) is 0 Å². The van der Waals surface area contributed by atoms with Gasteiger partial charge in [-0.05, 0) is 40.7 Å².